The van der Waals surface area contributed by atoms with Gasteiger partial charge in [-0.1, -0.05) is 74.4 Å². The SMILES string of the molecule is CCC(C)(C)c1ccc2c(Br)c3cc(C(C)(C)CC)c(C(C)(C)CC)cc3c(Br)c2c1. The van der Waals surface area contributed by atoms with Gasteiger partial charge < -0.3 is 0 Å². The standard InChI is InChI=1S/C29H38Br2/c1-10-27(4,5)18-13-14-19-20(15-18)26(31)22-17-24(29(8,9)12-3)23(28(6,7)11-2)16-21(22)25(19)30/h13-17H,10-12H2,1-9H3. The summed E-state index contributed by atoms with van der Waals surface area (Å²) in [6, 6.07) is 11.9. The fourth-order valence-electron chi connectivity index (χ4n) is 4.30. The average molecular weight is 546 g/mol. The van der Waals surface area contributed by atoms with Gasteiger partial charge in [-0.3, -0.25) is 0 Å². The Hall–Kier alpha value is -0.860. The largest absolute Gasteiger partial charge is 0.0646 e. The lowest BCUT2D eigenvalue weighted by atomic mass is 9.70. The molecule has 0 aromatic heterocycles. The average Bonchev–Trinajstić information content (AvgIpc) is 2.76. The summed E-state index contributed by atoms with van der Waals surface area (Å²) in [5.74, 6) is 0. The van der Waals surface area contributed by atoms with Crippen molar-refractivity contribution in [2.24, 2.45) is 0 Å². The van der Waals surface area contributed by atoms with Gasteiger partial charge in [0.1, 0.15) is 0 Å². The highest BCUT2D eigenvalue weighted by atomic mass is 79.9. The first-order chi connectivity index (χ1) is 14.3. The summed E-state index contributed by atoms with van der Waals surface area (Å²) in [7, 11) is 0. The second kappa shape index (κ2) is 8.49. The third-order valence-corrected chi connectivity index (χ3v) is 9.72. The van der Waals surface area contributed by atoms with Crippen molar-refractivity contribution in [2.75, 3.05) is 0 Å². The molecule has 0 saturated carbocycles. The van der Waals surface area contributed by atoms with Crippen LogP contribution in [0.2, 0.25) is 0 Å². The molecule has 0 aliphatic carbocycles. The Morgan fingerprint density at radius 3 is 1.35 bits per heavy atom. The molecule has 3 aromatic rings. The van der Waals surface area contributed by atoms with Crippen molar-refractivity contribution >= 4 is 53.4 Å². The highest BCUT2D eigenvalue weighted by molar-refractivity contribution is 9.11. The maximum absolute atomic E-state index is 4.03. The molecule has 2 heteroatoms. The Kier molecular flexibility index (Phi) is 6.78. The highest BCUT2D eigenvalue weighted by Crippen LogP contribution is 2.46. The molecule has 0 spiro atoms. The third kappa shape index (κ3) is 4.24. The van der Waals surface area contributed by atoms with Crippen LogP contribution in [-0.2, 0) is 16.2 Å². The van der Waals surface area contributed by atoms with Crippen molar-refractivity contribution in [1.82, 2.24) is 0 Å². The Bertz CT molecular complexity index is 1130. The van der Waals surface area contributed by atoms with Crippen LogP contribution in [-0.4, -0.2) is 0 Å². The molecule has 0 heterocycles. The normalized spacial score (nSPS) is 13.4. The van der Waals surface area contributed by atoms with E-state index < -0.39 is 0 Å². The number of hydrogen-bond donors (Lipinski definition) is 0. The van der Waals surface area contributed by atoms with Crippen LogP contribution in [0.1, 0.15) is 98.3 Å². The summed E-state index contributed by atoms with van der Waals surface area (Å²) in [6.07, 6.45) is 3.36. The minimum atomic E-state index is 0.128. The molecule has 0 unspecified atom stereocenters. The highest BCUT2D eigenvalue weighted by Gasteiger charge is 2.30. The number of halogens is 2. The topological polar surface area (TPSA) is 0 Å². The van der Waals surface area contributed by atoms with E-state index in [1.165, 1.54) is 47.2 Å². The molecule has 0 atom stereocenters. The van der Waals surface area contributed by atoms with Crippen LogP contribution in [0, 0.1) is 0 Å². The fraction of sp³-hybridized carbons (Fsp3) is 0.517. The molecule has 0 aliphatic rings. The summed E-state index contributed by atoms with van der Waals surface area (Å²) in [5, 5.41) is 5.17. The fourth-order valence-corrected chi connectivity index (χ4v) is 5.63. The Morgan fingerprint density at radius 1 is 0.548 bits per heavy atom. The predicted octanol–water partition coefficient (Wildman–Crippen LogP) is 10.6. The molecule has 31 heavy (non-hydrogen) atoms. The van der Waals surface area contributed by atoms with Crippen molar-refractivity contribution in [3.05, 3.63) is 56.0 Å². The molecule has 0 fully saturated rings. The van der Waals surface area contributed by atoms with Gasteiger partial charge in [-0.2, -0.15) is 0 Å². The first kappa shape index (κ1) is 24.8. The van der Waals surface area contributed by atoms with Gasteiger partial charge in [0.05, 0.1) is 0 Å². The van der Waals surface area contributed by atoms with Crippen LogP contribution in [0.5, 0.6) is 0 Å². The molecular weight excluding hydrogens is 508 g/mol. The van der Waals surface area contributed by atoms with E-state index in [2.05, 4.69) is 125 Å². The first-order valence-electron chi connectivity index (χ1n) is 11.7. The van der Waals surface area contributed by atoms with Gasteiger partial charge in [0, 0.05) is 8.95 Å². The molecular formula is C29H38Br2. The smallest absolute Gasteiger partial charge is 0.0333 e. The van der Waals surface area contributed by atoms with E-state index in [1.807, 2.05) is 0 Å². The van der Waals surface area contributed by atoms with Gasteiger partial charge in [-0.25, -0.2) is 0 Å². The molecule has 0 saturated heterocycles. The Balaban J connectivity index is 2.47. The summed E-state index contributed by atoms with van der Waals surface area (Å²) >= 11 is 8.04. The monoisotopic (exact) mass is 544 g/mol. The molecule has 0 aliphatic heterocycles. The van der Waals surface area contributed by atoms with E-state index in [9.17, 15) is 0 Å². The molecule has 0 bridgehead atoms. The summed E-state index contributed by atoms with van der Waals surface area (Å²) in [4.78, 5) is 0. The number of hydrogen-bond acceptors (Lipinski definition) is 0. The molecule has 168 valence electrons. The molecule has 0 nitrogen and oxygen atoms in total. The van der Waals surface area contributed by atoms with Gasteiger partial charge in [0.15, 0.2) is 0 Å². The predicted molar refractivity (Wildman–Crippen MR) is 147 cm³/mol. The van der Waals surface area contributed by atoms with E-state index in [-0.39, 0.29) is 16.2 Å². The van der Waals surface area contributed by atoms with E-state index in [0.29, 0.717) is 0 Å². The lowest BCUT2D eigenvalue weighted by molar-refractivity contribution is 0.456. The third-order valence-electron chi connectivity index (χ3n) is 8.01. The van der Waals surface area contributed by atoms with Crippen LogP contribution in [0.15, 0.2) is 39.3 Å². The van der Waals surface area contributed by atoms with Crippen LogP contribution < -0.4 is 0 Å². The zero-order chi connectivity index (χ0) is 23.4. The summed E-state index contributed by atoms with van der Waals surface area (Å²) in [6.45, 7) is 21.1. The van der Waals surface area contributed by atoms with E-state index in [4.69, 9.17) is 0 Å². The van der Waals surface area contributed by atoms with E-state index in [0.717, 1.165) is 19.3 Å². The van der Waals surface area contributed by atoms with Crippen LogP contribution >= 0.6 is 31.9 Å². The van der Waals surface area contributed by atoms with Crippen LogP contribution in [0.4, 0.5) is 0 Å². The molecule has 0 amide bonds. The van der Waals surface area contributed by atoms with Crippen molar-refractivity contribution < 1.29 is 0 Å². The maximum Gasteiger partial charge on any atom is 0.0333 e. The second-order valence-electron chi connectivity index (χ2n) is 11.0. The minimum absolute atomic E-state index is 0.128. The molecule has 3 rings (SSSR count). The summed E-state index contributed by atoms with van der Waals surface area (Å²) < 4.78 is 2.42. The minimum Gasteiger partial charge on any atom is -0.0646 e. The zero-order valence-electron chi connectivity index (χ0n) is 20.8. The van der Waals surface area contributed by atoms with Crippen molar-refractivity contribution in [2.45, 2.75) is 97.8 Å². The van der Waals surface area contributed by atoms with Crippen molar-refractivity contribution in [1.29, 1.82) is 0 Å². The number of rotatable bonds is 6. The first-order valence-corrected chi connectivity index (χ1v) is 13.3. The molecule has 0 N–H and O–H groups in total. The molecule has 3 aromatic carbocycles. The van der Waals surface area contributed by atoms with E-state index in [1.54, 1.807) is 0 Å². The van der Waals surface area contributed by atoms with Gasteiger partial charge in [0.2, 0.25) is 0 Å². The van der Waals surface area contributed by atoms with Crippen LogP contribution in [0.3, 0.4) is 0 Å². The lowest BCUT2D eigenvalue weighted by Crippen LogP contribution is -2.25. The quantitative estimate of drug-likeness (QED) is 0.270. The number of benzene rings is 3. The van der Waals surface area contributed by atoms with Gasteiger partial charge in [0.25, 0.3) is 0 Å². The zero-order valence-corrected chi connectivity index (χ0v) is 23.9. The van der Waals surface area contributed by atoms with Crippen molar-refractivity contribution in [3.63, 3.8) is 0 Å². The lowest BCUT2D eigenvalue weighted by Gasteiger charge is -2.34. The van der Waals surface area contributed by atoms with Gasteiger partial charge >= 0.3 is 0 Å². The maximum atomic E-state index is 4.03. The van der Waals surface area contributed by atoms with Gasteiger partial charge in [-0.05, 0) is 124 Å². The Morgan fingerprint density at radius 2 is 0.935 bits per heavy atom. The van der Waals surface area contributed by atoms with Gasteiger partial charge in [-0.15, -0.1) is 0 Å². The summed E-state index contributed by atoms with van der Waals surface area (Å²) in [5.41, 5.74) is 4.78. The Labute approximate surface area is 206 Å². The second-order valence-corrected chi connectivity index (χ2v) is 12.6. The van der Waals surface area contributed by atoms with E-state index >= 15 is 0 Å². The van der Waals surface area contributed by atoms with Crippen LogP contribution in [0.25, 0.3) is 21.5 Å². The van der Waals surface area contributed by atoms with Crippen molar-refractivity contribution in [3.8, 4) is 0 Å². The molecule has 0 radical (unpaired) electrons. The number of fused-ring (bicyclic) bond motifs is 2.